The van der Waals surface area contributed by atoms with E-state index in [1.807, 2.05) is 47.8 Å². The third-order valence-corrected chi connectivity index (χ3v) is 3.87. The molecule has 0 atom stereocenters. The summed E-state index contributed by atoms with van der Waals surface area (Å²) in [5, 5.41) is 15.6. The number of carbonyl (C=O) groups excluding carboxylic acids is 1. The molecule has 22 heavy (non-hydrogen) atoms. The summed E-state index contributed by atoms with van der Waals surface area (Å²) in [6.07, 6.45) is -0.565. The standard InChI is InChI=1S/C16H12N2O3S/c19-14(8-15(20)21)18-16-17-13(9-22-16)12-6-5-10-3-1-2-4-11(10)7-12/h1-7,9H,8H2,(H,20,21)(H,17,18,19). The summed E-state index contributed by atoms with van der Waals surface area (Å²) in [5.74, 6) is -1.74. The maximum absolute atomic E-state index is 11.4. The predicted octanol–water partition coefficient (Wildman–Crippen LogP) is 3.38. The van der Waals surface area contributed by atoms with E-state index in [1.165, 1.54) is 11.3 Å². The Morgan fingerprint density at radius 2 is 1.91 bits per heavy atom. The maximum atomic E-state index is 11.4. The molecule has 3 aromatic rings. The van der Waals surface area contributed by atoms with Crippen molar-refractivity contribution in [3.8, 4) is 11.3 Å². The molecule has 5 nitrogen and oxygen atoms in total. The lowest BCUT2D eigenvalue weighted by Crippen LogP contribution is -2.15. The minimum Gasteiger partial charge on any atom is -0.481 e. The van der Waals surface area contributed by atoms with Crippen molar-refractivity contribution in [2.24, 2.45) is 0 Å². The molecule has 1 heterocycles. The fourth-order valence-electron chi connectivity index (χ4n) is 2.11. The molecule has 0 saturated heterocycles. The predicted molar refractivity (Wildman–Crippen MR) is 85.9 cm³/mol. The van der Waals surface area contributed by atoms with Gasteiger partial charge in [0, 0.05) is 10.9 Å². The highest BCUT2D eigenvalue weighted by molar-refractivity contribution is 7.14. The SMILES string of the molecule is O=C(O)CC(=O)Nc1nc(-c2ccc3ccccc3c2)cs1. The molecule has 6 heteroatoms. The average Bonchev–Trinajstić information content (AvgIpc) is 2.94. The molecule has 1 aromatic heterocycles. The topological polar surface area (TPSA) is 79.3 Å². The lowest BCUT2D eigenvalue weighted by molar-refractivity contribution is -0.139. The van der Waals surface area contributed by atoms with Crippen molar-refractivity contribution in [3.05, 3.63) is 47.8 Å². The van der Waals surface area contributed by atoms with Crippen molar-refractivity contribution in [2.45, 2.75) is 6.42 Å². The quantitative estimate of drug-likeness (QED) is 0.724. The van der Waals surface area contributed by atoms with Crippen LogP contribution in [0.1, 0.15) is 6.42 Å². The minimum atomic E-state index is -1.16. The van der Waals surface area contributed by atoms with Gasteiger partial charge in [-0.3, -0.25) is 9.59 Å². The Bertz CT molecular complexity index is 857. The molecule has 0 unspecified atom stereocenters. The summed E-state index contributed by atoms with van der Waals surface area (Å²) in [6.45, 7) is 0. The number of fused-ring (bicyclic) bond motifs is 1. The van der Waals surface area contributed by atoms with Crippen LogP contribution in [0.4, 0.5) is 5.13 Å². The fourth-order valence-corrected chi connectivity index (χ4v) is 2.85. The first kappa shape index (κ1) is 14.2. The normalized spacial score (nSPS) is 10.5. The molecule has 0 bridgehead atoms. The van der Waals surface area contributed by atoms with Gasteiger partial charge in [-0.2, -0.15) is 0 Å². The van der Waals surface area contributed by atoms with Gasteiger partial charge in [0.05, 0.1) is 5.69 Å². The van der Waals surface area contributed by atoms with Crippen LogP contribution >= 0.6 is 11.3 Å². The van der Waals surface area contributed by atoms with Crippen LogP contribution in [0.15, 0.2) is 47.8 Å². The Kier molecular flexibility index (Phi) is 3.84. The highest BCUT2D eigenvalue weighted by Crippen LogP contribution is 2.27. The summed E-state index contributed by atoms with van der Waals surface area (Å²) in [6, 6.07) is 14.1. The van der Waals surface area contributed by atoms with E-state index in [0.717, 1.165) is 22.0 Å². The van der Waals surface area contributed by atoms with E-state index in [9.17, 15) is 9.59 Å². The zero-order valence-corrected chi connectivity index (χ0v) is 12.3. The number of hydrogen-bond acceptors (Lipinski definition) is 4. The minimum absolute atomic E-state index is 0.398. The van der Waals surface area contributed by atoms with Crippen molar-refractivity contribution < 1.29 is 14.7 Å². The number of rotatable bonds is 4. The molecular weight excluding hydrogens is 300 g/mol. The second kappa shape index (κ2) is 5.95. The van der Waals surface area contributed by atoms with Gasteiger partial charge in [-0.25, -0.2) is 4.98 Å². The van der Waals surface area contributed by atoms with Crippen LogP contribution in [0.3, 0.4) is 0 Å². The zero-order chi connectivity index (χ0) is 15.5. The maximum Gasteiger partial charge on any atom is 0.312 e. The number of hydrogen-bond donors (Lipinski definition) is 2. The van der Waals surface area contributed by atoms with Crippen molar-refractivity contribution >= 4 is 39.1 Å². The Labute approximate surface area is 130 Å². The largest absolute Gasteiger partial charge is 0.481 e. The van der Waals surface area contributed by atoms with Crippen LogP contribution in [0.5, 0.6) is 0 Å². The monoisotopic (exact) mass is 312 g/mol. The number of aliphatic carboxylic acids is 1. The van der Waals surface area contributed by atoms with E-state index in [2.05, 4.69) is 10.3 Å². The van der Waals surface area contributed by atoms with Crippen LogP contribution in [0, 0.1) is 0 Å². The van der Waals surface area contributed by atoms with Crippen LogP contribution in [0.2, 0.25) is 0 Å². The number of thiazole rings is 1. The Hall–Kier alpha value is -2.73. The molecule has 0 aliphatic heterocycles. The van der Waals surface area contributed by atoms with Gasteiger partial charge in [-0.05, 0) is 16.8 Å². The molecule has 3 rings (SSSR count). The van der Waals surface area contributed by atoms with Crippen LogP contribution in [-0.2, 0) is 9.59 Å². The number of anilines is 1. The molecular formula is C16H12N2O3S. The summed E-state index contributed by atoms with van der Waals surface area (Å²) in [7, 11) is 0. The van der Waals surface area contributed by atoms with Crippen LogP contribution < -0.4 is 5.32 Å². The lowest BCUT2D eigenvalue weighted by Gasteiger charge is -2.01. The molecule has 1 amide bonds. The van der Waals surface area contributed by atoms with Gasteiger partial charge in [0.25, 0.3) is 0 Å². The first-order chi connectivity index (χ1) is 10.6. The van der Waals surface area contributed by atoms with Gasteiger partial charge in [0.2, 0.25) is 5.91 Å². The number of nitrogens with one attached hydrogen (secondary N) is 1. The summed E-state index contributed by atoms with van der Waals surface area (Å²) >= 11 is 1.27. The molecule has 0 spiro atoms. The first-order valence-corrected chi connectivity index (χ1v) is 7.46. The van der Waals surface area contributed by atoms with Gasteiger partial charge < -0.3 is 10.4 Å². The number of carboxylic acid groups (broad SMARTS) is 1. The zero-order valence-electron chi connectivity index (χ0n) is 11.4. The van der Waals surface area contributed by atoms with Crippen molar-refractivity contribution in [2.75, 3.05) is 5.32 Å². The second-order valence-corrected chi connectivity index (χ2v) is 5.58. The third-order valence-electron chi connectivity index (χ3n) is 3.11. The number of nitrogens with zero attached hydrogens (tertiary/aromatic N) is 1. The molecule has 2 aromatic carbocycles. The molecule has 110 valence electrons. The molecule has 0 saturated carbocycles. The molecule has 2 N–H and O–H groups in total. The molecule has 0 fully saturated rings. The van der Waals surface area contributed by atoms with E-state index >= 15 is 0 Å². The number of carbonyl (C=O) groups is 2. The van der Waals surface area contributed by atoms with E-state index in [4.69, 9.17) is 5.11 Å². The average molecular weight is 312 g/mol. The van der Waals surface area contributed by atoms with Crippen LogP contribution in [0.25, 0.3) is 22.0 Å². The number of aromatic nitrogens is 1. The number of carboxylic acids is 1. The van der Waals surface area contributed by atoms with Gasteiger partial charge in [0.15, 0.2) is 5.13 Å². The van der Waals surface area contributed by atoms with Crippen molar-refractivity contribution in [1.29, 1.82) is 0 Å². The van der Waals surface area contributed by atoms with E-state index in [-0.39, 0.29) is 0 Å². The van der Waals surface area contributed by atoms with Gasteiger partial charge >= 0.3 is 5.97 Å². The summed E-state index contributed by atoms with van der Waals surface area (Å²) in [4.78, 5) is 26.2. The van der Waals surface area contributed by atoms with Gasteiger partial charge in [-0.1, -0.05) is 36.4 Å². The highest BCUT2D eigenvalue weighted by Gasteiger charge is 2.11. The summed E-state index contributed by atoms with van der Waals surface area (Å²) < 4.78 is 0. The van der Waals surface area contributed by atoms with Gasteiger partial charge in [0.1, 0.15) is 6.42 Å². The third kappa shape index (κ3) is 3.12. The van der Waals surface area contributed by atoms with Crippen molar-refractivity contribution in [1.82, 2.24) is 4.98 Å². The second-order valence-electron chi connectivity index (χ2n) is 4.72. The number of benzene rings is 2. The van der Waals surface area contributed by atoms with E-state index < -0.39 is 18.3 Å². The lowest BCUT2D eigenvalue weighted by atomic mass is 10.1. The molecule has 0 aliphatic rings. The van der Waals surface area contributed by atoms with Crippen molar-refractivity contribution in [3.63, 3.8) is 0 Å². The first-order valence-electron chi connectivity index (χ1n) is 6.58. The van der Waals surface area contributed by atoms with E-state index in [0.29, 0.717) is 5.13 Å². The molecule has 0 aliphatic carbocycles. The highest BCUT2D eigenvalue weighted by atomic mass is 32.1. The summed E-state index contributed by atoms with van der Waals surface area (Å²) in [5.41, 5.74) is 1.70. The Balaban J connectivity index is 1.82. The smallest absolute Gasteiger partial charge is 0.312 e. The Morgan fingerprint density at radius 3 is 2.68 bits per heavy atom. The van der Waals surface area contributed by atoms with Gasteiger partial charge in [-0.15, -0.1) is 11.3 Å². The molecule has 0 radical (unpaired) electrons. The number of amides is 1. The van der Waals surface area contributed by atoms with E-state index in [1.54, 1.807) is 0 Å². The van der Waals surface area contributed by atoms with Crippen LogP contribution in [-0.4, -0.2) is 22.0 Å². The fraction of sp³-hybridized carbons (Fsp3) is 0.0625. The Morgan fingerprint density at radius 1 is 1.14 bits per heavy atom.